The van der Waals surface area contributed by atoms with Crippen molar-refractivity contribution in [3.63, 3.8) is 0 Å². The SMILES string of the molecule is COc1c(Br)cc(/C=C/C(=O)NCCCNCCCCNCCCN)cc1Br.O=C(O)C(F)(F)F.O=C(O)C(F)(F)F.O=C(O)C(F)(F)F. The molecular weight excluding hydrogens is 827 g/mol. The van der Waals surface area contributed by atoms with E-state index in [-0.39, 0.29) is 5.91 Å². The number of methoxy groups -OCH3 is 1. The molecule has 12 nitrogen and oxygen atoms in total. The number of carbonyl (C=O) groups is 4. The molecule has 0 atom stereocenters. The first-order valence-corrected chi connectivity index (χ1v) is 15.0. The first kappa shape index (κ1) is 50.2. The molecule has 284 valence electrons. The molecule has 23 heteroatoms. The number of unbranched alkanes of at least 4 members (excludes halogenated alkanes) is 1. The van der Waals surface area contributed by atoms with Crippen LogP contribution in [0, 0.1) is 0 Å². The largest absolute Gasteiger partial charge is 0.494 e. The van der Waals surface area contributed by atoms with E-state index in [1.807, 2.05) is 12.1 Å². The van der Waals surface area contributed by atoms with Gasteiger partial charge in [0, 0.05) is 12.6 Å². The van der Waals surface area contributed by atoms with Gasteiger partial charge in [0.2, 0.25) is 5.91 Å². The van der Waals surface area contributed by atoms with Crippen LogP contribution >= 0.6 is 31.9 Å². The molecule has 0 bridgehead atoms. The van der Waals surface area contributed by atoms with Crippen molar-refractivity contribution < 1.29 is 78.7 Å². The fourth-order valence-electron chi connectivity index (χ4n) is 2.50. The number of rotatable bonds is 15. The fourth-order valence-corrected chi connectivity index (χ4v) is 4.05. The monoisotopic (exact) mass is 860 g/mol. The van der Waals surface area contributed by atoms with E-state index in [9.17, 15) is 44.3 Å². The highest BCUT2D eigenvalue weighted by molar-refractivity contribution is 9.11. The summed E-state index contributed by atoms with van der Waals surface area (Å²) >= 11 is 6.91. The van der Waals surface area contributed by atoms with Crippen LogP contribution in [-0.4, -0.2) is 104 Å². The molecule has 0 aromatic heterocycles. The molecule has 1 aromatic carbocycles. The van der Waals surface area contributed by atoms with Crippen LogP contribution in [0.15, 0.2) is 27.2 Å². The van der Waals surface area contributed by atoms with Crippen molar-refractivity contribution in [2.75, 3.05) is 46.4 Å². The van der Waals surface area contributed by atoms with E-state index in [4.69, 9.17) is 40.2 Å². The van der Waals surface area contributed by atoms with E-state index in [0.717, 1.165) is 78.7 Å². The number of nitrogens with two attached hydrogens (primary N) is 1. The quantitative estimate of drug-likeness (QED) is 0.0716. The van der Waals surface area contributed by atoms with Crippen molar-refractivity contribution >= 4 is 61.8 Å². The number of amides is 1. The molecule has 0 fully saturated rings. The van der Waals surface area contributed by atoms with Gasteiger partial charge in [-0.1, -0.05) is 0 Å². The van der Waals surface area contributed by atoms with Gasteiger partial charge in [-0.3, -0.25) is 4.79 Å². The number of benzene rings is 1. The predicted molar refractivity (Wildman–Crippen MR) is 165 cm³/mol. The molecular formula is C26H35Br2F9N4O8. The van der Waals surface area contributed by atoms with E-state index in [1.165, 1.54) is 0 Å². The van der Waals surface area contributed by atoms with Gasteiger partial charge in [-0.15, -0.1) is 0 Å². The molecule has 0 unspecified atom stereocenters. The van der Waals surface area contributed by atoms with Crippen molar-refractivity contribution in [2.24, 2.45) is 5.73 Å². The molecule has 0 aliphatic heterocycles. The summed E-state index contributed by atoms with van der Waals surface area (Å²) in [5.41, 5.74) is 6.35. The average Bonchev–Trinajstić information content (AvgIpc) is 2.96. The molecule has 1 aromatic rings. The van der Waals surface area contributed by atoms with Crippen LogP contribution in [0.5, 0.6) is 5.75 Å². The molecule has 1 amide bonds. The van der Waals surface area contributed by atoms with Crippen LogP contribution in [0.4, 0.5) is 39.5 Å². The van der Waals surface area contributed by atoms with Gasteiger partial charge in [0.25, 0.3) is 0 Å². The Hall–Kier alpha value is -3.15. The highest BCUT2D eigenvalue weighted by Gasteiger charge is 2.39. The van der Waals surface area contributed by atoms with Crippen molar-refractivity contribution in [3.05, 3.63) is 32.7 Å². The van der Waals surface area contributed by atoms with Crippen molar-refractivity contribution in [1.29, 1.82) is 0 Å². The van der Waals surface area contributed by atoms with Gasteiger partial charge in [0.15, 0.2) is 0 Å². The highest BCUT2D eigenvalue weighted by atomic mass is 79.9. The summed E-state index contributed by atoms with van der Waals surface area (Å²) in [4.78, 5) is 38.6. The number of alkyl halides is 9. The van der Waals surface area contributed by atoms with Gasteiger partial charge < -0.3 is 41.7 Å². The van der Waals surface area contributed by atoms with Gasteiger partial charge in [-0.25, -0.2) is 14.4 Å². The number of hydrogen-bond donors (Lipinski definition) is 7. The molecule has 8 N–H and O–H groups in total. The van der Waals surface area contributed by atoms with E-state index >= 15 is 0 Å². The van der Waals surface area contributed by atoms with E-state index < -0.39 is 36.4 Å². The van der Waals surface area contributed by atoms with Gasteiger partial charge in [-0.05, 0) is 114 Å². The molecule has 0 saturated carbocycles. The number of carbonyl (C=O) groups excluding carboxylic acids is 1. The Bertz CT molecular complexity index is 1090. The van der Waals surface area contributed by atoms with Gasteiger partial charge in [0.1, 0.15) is 5.75 Å². The summed E-state index contributed by atoms with van der Waals surface area (Å²) in [6.45, 7) is 5.37. The van der Waals surface area contributed by atoms with E-state index in [1.54, 1.807) is 19.3 Å². The van der Waals surface area contributed by atoms with Crippen LogP contribution < -0.4 is 26.4 Å². The lowest BCUT2D eigenvalue weighted by Gasteiger charge is -2.07. The third-order valence-corrected chi connectivity index (χ3v) is 5.90. The van der Waals surface area contributed by atoms with E-state index in [0.29, 0.717) is 6.54 Å². The zero-order chi connectivity index (χ0) is 38.8. The highest BCUT2D eigenvalue weighted by Crippen LogP contribution is 2.34. The summed E-state index contributed by atoms with van der Waals surface area (Å²) in [6, 6.07) is 3.82. The van der Waals surface area contributed by atoms with Crippen molar-refractivity contribution in [3.8, 4) is 5.75 Å². The first-order chi connectivity index (χ1) is 22.4. The summed E-state index contributed by atoms with van der Waals surface area (Å²) < 4.78 is 102. The second kappa shape index (κ2) is 26.7. The molecule has 1 rings (SSSR count). The van der Waals surface area contributed by atoms with Crippen LogP contribution in [-0.2, 0) is 19.2 Å². The zero-order valence-electron chi connectivity index (χ0n) is 25.5. The summed E-state index contributed by atoms with van der Waals surface area (Å²) in [6.07, 6.45) is -7.66. The standard InChI is InChI=1S/C20H32Br2N4O2.3C2HF3O2/c1-28-20-17(21)14-16(15-18(20)22)6-7-19(27)26-13-5-12-25-10-3-2-9-24-11-4-8-23;3*3-2(4,5)1(6)7/h6-7,14-15,24-25H,2-5,8-13,23H2,1H3,(H,26,27);3*(H,6,7)/b7-6+;;;. The van der Waals surface area contributed by atoms with E-state index in [2.05, 4.69) is 47.8 Å². The van der Waals surface area contributed by atoms with Gasteiger partial charge in [0.05, 0.1) is 16.1 Å². The third-order valence-electron chi connectivity index (χ3n) is 4.72. The lowest BCUT2D eigenvalue weighted by Crippen LogP contribution is -2.26. The molecule has 49 heavy (non-hydrogen) atoms. The number of ether oxygens (including phenoxy) is 1. The maximum Gasteiger partial charge on any atom is 0.490 e. The van der Waals surface area contributed by atoms with Crippen LogP contribution in [0.25, 0.3) is 6.08 Å². The number of carboxylic acids is 3. The Labute approximate surface area is 290 Å². The Kier molecular flexibility index (Phi) is 27.4. The fraction of sp³-hybridized carbons (Fsp3) is 0.538. The lowest BCUT2D eigenvalue weighted by atomic mass is 10.2. The number of carboxylic acid groups (broad SMARTS) is 3. The number of hydrogen-bond acceptors (Lipinski definition) is 8. The number of nitrogens with one attached hydrogen (secondary N) is 3. The Balaban J connectivity index is -0.000000810. The zero-order valence-corrected chi connectivity index (χ0v) is 28.7. The smallest absolute Gasteiger partial charge is 0.490 e. The Morgan fingerprint density at radius 2 is 1.06 bits per heavy atom. The minimum absolute atomic E-state index is 0.0911. The number of halogens is 11. The van der Waals surface area contributed by atoms with Gasteiger partial charge >= 0.3 is 36.4 Å². The molecule has 0 aliphatic rings. The molecule has 0 spiro atoms. The number of aliphatic carboxylic acids is 3. The second-order valence-electron chi connectivity index (χ2n) is 8.75. The Morgan fingerprint density at radius 3 is 1.39 bits per heavy atom. The molecule has 0 heterocycles. The topological polar surface area (TPSA) is 200 Å². The second-order valence-corrected chi connectivity index (χ2v) is 10.5. The summed E-state index contributed by atoms with van der Waals surface area (Å²) in [5.74, 6) is -7.63. The van der Waals surface area contributed by atoms with Crippen LogP contribution in [0.1, 0.15) is 31.2 Å². The molecule has 0 radical (unpaired) electrons. The maximum absolute atomic E-state index is 11.9. The normalized spacial score (nSPS) is 11.2. The Morgan fingerprint density at radius 1 is 0.714 bits per heavy atom. The minimum atomic E-state index is -5.08. The van der Waals surface area contributed by atoms with Crippen molar-refractivity contribution in [2.45, 2.75) is 44.2 Å². The third kappa shape index (κ3) is 30.6. The summed E-state index contributed by atoms with van der Waals surface area (Å²) in [5, 5.41) is 31.1. The minimum Gasteiger partial charge on any atom is -0.494 e. The first-order valence-electron chi connectivity index (χ1n) is 13.4. The maximum atomic E-state index is 11.9. The van der Waals surface area contributed by atoms with Crippen LogP contribution in [0.2, 0.25) is 0 Å². The van der Waals surface area contributed by atoms with Crippen molar-refractivity contribution in [1.82, 2.24) is 16.0 Å². The predicted octanol–water partition coefficient (Wildman–Crippen LogP) is 4.95. The average molecular weight is 862 g/mol. The molecule has 0 saturated heterocycles. The molecule has 0 aliphatic carbocycles. The summed E-state index contributed by atoms with van der Waals surface area (Å²) in [7, 11) is 1.62. The lowest BCUT2D eigenvalue weighted by molar-refractivity contribution is -0.193. The van der Waals surface area contributed by atoms with Crippen LogP contribution in [0.3, 0.4) is 0 Å². The van der Waals surface area contributed by atoms with Gasteiger partial charge in [-0.2, -0.15) is 39.5 Å².